The van der Waals surface area contributed by atoms with E-state index < -0.39 is 11.6 Å². The van der Waals surface area contributed by atoms with Crippen LogP contribution in [0.2, 0.25) is 0 Å². The molecule has 0 aromatic heterocycles. The second-order valence-electron chi connectivity index (χ2n) is 3.95. The molecule has 1 aliphatic heterocycles. The van der Waals surface area contributed by atoms with Gasteiger partial charge in [-0.1, -0.05) is 5.92 Å². The molecule has 88 valence electrons. The lowest BCUT2D eigenvalue weighted by Gasteiger charge is -2.28. The fourth-order valence-corrected chi connectivity index (χ4v) is 1.89. The Hall–Kier alpha value is -1.89. The molecule has 0 N–H and O–H groups in total. The Morgan fingerprint density at radius 3 is 2.18 bits per heavy atom. The van der Waals surface area contributed by atoms with Crippen LogP contribution in [0.25, 0.3) is 0 Å². The zero-order valence-electron chi connectivity index (χ0n) is 9.17. The minimum Gasteiger partial charge on any atom is -0.370 e. The van der Waals surface area contributed by atoms with E-state index in [4.69, 9.17) is 6.42 Å². The van der Waals surface area contributed by atoms with E-state index in [1.54, 1.807) is 4.90 Å². The molecule has 0 aliphatic carbocycles. The van der Waals surface area contributed by atoms with Crippen molar-refractivity contribution in [1.29, 1.82) is 0 Å². The van der Waals surface area contributed by atoms with Crippen LogP contribution in [0.3, 0.4) is 0 Å². The number of Topliss-reactive ketones (excluding diaryl/α,β-unsaturated/α-hetero) is 1. The number of carbonyl (C=O) groups excluding carboxylic acids is 1. The third kappa shape index (κ3) is 2.28. The van der Waals surface area contributed by atoms with Crippen LogP contribution in [0.15, 0.2) is 12.1 Å². The molecule has 2 rings (SSSR count). The van der Waals surface area contributed by atoms with Gasteiger partial charge >= 0.3 is 0 Å². The summed E-state index contributed by atoms with van der Waals surface area (Å²) in [6, 6.07) is 2.43. The van der Waals surface area contributed by atoms with E-state index in [0.717, 1.165) is 0 Å². The van der Waals surface area contributed by atoms with E-state index in [9.17, 15) is 13.6 Å². The minimum atomic E-state index is -0.737. The number of hydrogen-bond donors (Lipinski definition) is 0. The predicted octanol–water partition coefficient (Wildman–Crippen LogP) is 2.12. The second-order valence-corrected chi connectivity index (χ2v) is 3.95. The highest BCUT2D eigenvalue weighted by atomic mass is 19.1. The van der Waals surface area contributed by atoms with Crippen LogP contribution in [0.1, 0.15) is 18.4 Å². The lowest BCUT2D eigenvalue weighted by atomic mass is 10.1. The minimum absolute atomic E-state index is 0.183. The van der Waals surface area contributed by atoms with Gasteiger partial charge in [0.2, 0.25) is 0 Å². The number of carbonyl (C=O) groups is 1. The van der Waals surface area contributed by atoms with E-state index in [1.807, 2.05) is 5.92 Å². The normalized spacial score (nSPS) is 15.8. The summed E-state index contributed by atoms with van der Waals surface area (Å²) < 4.78 is 26.9. The van der Waals surface area contributed by atoms with Crippen molar-refractivity contribution in [3.63, 3.8) is 0 Å². The van der Waals surface area contributed by atoms with Gasteiger partial charge in [-0.05, 0) is 12.1 Å². The van der Waals surface area contributed by atoms with Crippen molar-refractivity contribution in [3.05, 3.63) is 29.3 Å². The van der Waals surface area contributed by atoms with Crippen LogP contribution in [0.4, 0.5) is 14.5 Å². The Morgan fingerprint density at radius 1 is 1.18 bits per heavy atom. The molecule has 0 amide bonds. The quantitative estimate of drug-likeness (QED) is 0.695. The first kappa shape index (κ1) is 11.6. The number of terminal acetylenes is 1. The zero-order valence-corrected chi connectivity index (χ0v) is 9.17. The van der Waals surface area contributed by atoms with Gasteiger partial charge < -0.3 is 4.90 Å². The van der Waals surface area contributed by atoms with Gasteiger partial charge in [0.25, 0.3) is 0 Å². The molecule has 0 atom stereocenters. The van der Waals surface area contributed by atoms with Gasteiger partial charge in [0.1, 0.15) is 17.4 Å². The van der Waals surface area contributed by atoms with Crippen LogP contribution in [-0.2, 0) is 4.79 Å². The molecule has 2 nitrogen and oxygen atoms in total. The molecule has 0 spiro atoms. The standard InChI is InChI=1S/C13H11F2NO/c1-2-11-12(14)7-9(8-13(11)15)16-5-3-10(17)4-6-16/h1,7-8H,3-6H2. The van der Waals surface area contributed by atoms with Crippen molar-refractivity contribution < 1.29 is 13.6 Å². The number of piperidine rings is 1. The SMILES string of the molecule is C#Cc1c(F)cc(N2CCC(=O)CC2)cc1F. The van der Waals surface area contributed by atoms with Crippen LogP contribution in [0.5, 0.6) is 0 Å². The molecule has 1 aliphatic rings. The van der Waals surface area contributed by atoms with E-state index >= 15 is 0 Å². The highest BCUT2D eigenvalue weighted by Crippen LogP contribution is 2.23. The monoisotopic (exact) mass is 235 g/mol. The van der Waals surface area contributed by atoms with Crippen LogP contribution >= 0.6 is 0 Å². The molecule has 0 saturated carbocycles. The fourth-order valence-electron chi connectivity index (χ4n) is 1.89. The average molecular weight is 235 g/mol. The zero-order chi connectivity index (χ0) is 12.4. The first-order valence-corrected chi connectivity index (χ1v) is 5.34. The Morgan fingerprint density at radius 2 is 1.71 bits per heavy atom. The summed E-state index contributed by atoms with van der Waals surface area (Å²) >= 11 is 0. The number of halogens is 2. The summed E-state index contributed by atoms with van der Waals surface area (Å²) in [6.07, 6.45) is 5.84. The molecular weight excluding hydrogens is 224 g/mol. The van der Waals surface area contributed by atoms with E-state index in [2.05, 4.69) is 0 Å². The highest BCUT2D eigenvalue weighted by Gasteiger charge is 2.19. The molecule has 0 bridgehead atoms. The molecule has 0 unspecified atom stereocenters. The highest BCUT2D eigenvalue weighted by molar-refractivity contribution is 5.81. The van der Waals surface area contributed by atoms with Crippen molar-refractivity contribution in [3.8, 4) is 12.3 Å². The topological polar surface area (TPSA) is 20.3 Å². The van der Waals surface area contributed by atoms with Gasteiger partial charge in [-0.3, -0.25) is 4.79 Å². The molecule has 1 fully saturated rings. The molecule has 1 heterocycles. The van der Waals surface area contributed by atoms with Crippen molar-refractivity contribution >= 4 is 11.5 Å². The summed E-state index contributed by atoms with van der Waals surface area (Å²) in [6.45, 7) is 0.986. The molecule has 4 heteroatoms. The summed E-state index contributed by atoms with van der Waals surface area (Å²) in [4.78, 5) is 12.9. The molecule has 0 radical (unpaired) electrons. The summed E-state index contributed by atoms with van der Waals surface area (Å²) in [7, 11) is 0. The Labute approximate surface area is 98.2 Å². The lowest BCUT2D eigenvalue weighted by Crippen LogP contribution is -2.33. The first-order valence-electron chi connectivity index (χ1n) is 5.34. The van der Waals surface area contributed by atoms with E-state index in [0.29, 0.717) is 31.6 Å². The largest absolute Gasteiger partial charge is 0.370 e. The number of rotatable bonds is 1. The van der Waals surface area contributed by atoms with Gasteiger partial charge in [0, 0.05) is 31.6 Å². The third-order valence-corrected chi connectivity index (χ3v) is 2.86. The van der Waals surface area contributed by atoms with Crippen molar-refractivity contribution in [2.24, 2.45) is 0 Å². The summed E-state index contributed by atoms with van der Waals surface area (Å²) in [5.74, 6) is 0.688. The van der Waals surface area contributed by atoms with Crippen molar-refractivity contribution in [2.45, 2.75) is 12.8 Å². The van der Waals surface area contributed by atoms with Crippen LogP contribution in [-0.4, -0.2) is 18.9 Å². The van der Waals surface area contributed by atoms with Crippen LogP contribution < -0.4 is 4.90 Å². The smallest absolute Gasteiger partial charge is 0.143 e. The summed E-state index contributed by atoms with van der Waals surface area (Å²) in [5.41, 5.74) is 0.0911. The molecular formula is C13H11F2NO. The van der Waals surface area contributed by atoms with Gasteiger partial charge in [0.15, 0.2) is 0 Å². The maximum absolute atomic E-state index is 13.5. The molecule has 1 aromatic carbocycles. The number of benzene rings is 1. The second kappa shape index (κ2) is 4.54. The van der Waals surface area contributed by atoms with Gasteiger partial charge in [0.05, 0.1) is 5.56 Å². The number of anilines is 1. The Kier molecular flexibility index (Phi) is 3.10. The number of ketones is 1. The average Bonchev–Trinajstić information content (AvgIpc) is 2.29. The van der Waals surface area contributed by atoms with Gasteiger partial charge in [-0.15, -0.1) is 6.42 Å². The number of hydrogen-bond acceptors (Lipinski definition) is 2. The van der Waals surface area contributed by atoms with Crippen LogP contribution in [0, 0.1) is 24.0 Å². The van der Waals surface area contributed by atoms with Gasteiger partial charge in [-0.2, -0.15) is 0 Å². The van der Waals surface area contributed by atoms with Crippen molar-refractivity contribution in [1.82, 2.24) is 0 Å². The molecule has 17 heavy (non-hydrogen) atoms. The molecule has 1 aromatic rings. The maximum atomic E-state index is 13.5. The summed E-state index contributed by atoms with van der Waals surface area (Å²) in [5, 5.41) is 0. The molecule has 1 saturated heterocycles. The van der Waals surface area contributed by atoms with Gasteiger partial charge in [-0.25, -0.2) is 8.78 Å². The van der Waals surface area contributed by atoms with E-state index in [1.165, 1.54) is 12.1 Å². The predicted molar refractivity (Wildman–Crippen MR) is 60.7 cm³/mol. The Balaban J connectivity index is 2.29. The van der Waals surface area contributed by atoms with Crippen molar-refractivity contribution in [2.75, 3.05) is 18.0 Å². The maximum Gasteiger partial charge on any atom is 0.143 e. The number of nitrogens with zero attached hydrogens (tertiary/aromatic N) is 1. The van der Waals surface area contributed by atoms with E-state index in [-0.39, 0.29) is 11.3 Å². The first-order chi connectivity index (χ1) is 8.11. The lowest BCUT2D eigenvalue weighted by molar-refractivity contribution is -0.119. The fraction of sp³-hybridized carbons (Fsp3) is 0.308. The third-order valence-electron chi connectivity index (χ3n) is 2.86. The Bertz CT molecular complexity index is 472.